The topological polar surface area (TPSA) is 46.5 Å². The first-order valence-corrected chi connectivity index (χ1v) is 5.15. The predicted molar refractivity (Wildman–Crippen MR) is 60.6 cm³/mol. The van der Waals surface area contributed by atoms with Crippen molar-refractivity contribution in [1.29, 1.82) is 0 Å². The first kappa shape index (κ1) is 10.9. The number of carbonyl (C=O) groups is 1. The van der Waals surface area contributed by atoms with E-state index in [4.69, 9.17) is 4.74 Å². The van der Waals surface area contributed by atoms with Crippen LogP contribution in [-0.2, 0) is 0 Å². The van der Waals surface area contributed by atoms with E-state index in [-0.39, 0.29) is 5.78 Å². The minimum Gasteiger partial charge on any atom is -0.483 e. The lowest BCUT2D eigenvalue weighted by molar-refractivity contribution is 0.0900. The number of hydrogen-bond donors (Lipinski definition) is 1. The molecule has 1 aliphatic heterocycles. The Balaban J connectivity index is 2.41. The van der Waals surface area contributed by atoms with Crippen LogP contribution in [0.2, 0.25) is 0 Å². The Morgan fingerprint density at radius 1 is 1.44 bits per heavy atom. The number of carbonyl (C=O) groups excluding carboxylic acids is 1. The number of fused-ring (bicyclic) bond motifs is 1. The molecular formula is C13H14O3. The van der Waals surface area contributed by atoms with Gasteiger partial charge in [-0.15, -0.1) is 0 Å². The van der Waals surface area contributed by atoms with Gasteiger partial charge in [-0.2, -0.15) is 0 Å². The molecule has 0 aliphatic carbocycles. The monoisotopic (exact) mass is 218 g/mol. The van der Waals surface area contributed by atoms with Gasteiger partial charge in [0.2, 0.25) is 0 Å². The molecule has 84 valence electrons. The van der Waals surface area contributed by atoms with Crippen molar-refractivity contribution in [3.05, 3.63) is 41.5 Å². The molecule has 3 nitrogen and oxygen atoms in total. The maximum Gasteiger partial charge on any atom is 0.159 e. The second-order valence-electron chi connectivity index (χ2n) is 4.14. The number of ketones is 1. The smallest absolute Gasteiger partial charge is 0.159 e. The van der Waals surface area contributed by atoms with Crippen LogP contribution >= 0.6 is 0 Å². The van der Waals surface area contributed by atoms with Gasteiger partial charge in [-0.25, -0.2) is 0 Å². The molecule has 2 rings (SSSR count). The molecule has 2 atom stereocenters. The van der Waals surface area contributed by atoms with Gasteiger partial charge in [-0.05, 0) is 37.6 Å². The van der Waals surface area contributed by atoms with Crippen molar-refractivity contribution in [2.24, 2.45) is 0 Å². The first-order valence-electron chi connectivity index (χ1n) is 5.15. The summed E-state index contributed by atoms with van der Waals surface area (Å²) in [6, 6.07) is 5.11. The van der Waals surface area contributed by atoms with Crippen molar-refractivity contribution in [2.45, 2.75) is 26.1 Å². The van der Waals surface area contributed by atoms with E-state index in [1.54, 1.807) is 18.2 Å². The molecule has 1 aromatic carbocycles. The number of Topliss-reactive ketones (excluding diaryl/α,β-unsaturated/α-hetero) is 1. The minimum atomic E-state index is -0.730. The van der Waals surface area contributed by atoms with Gasteiger partial charge in [0.05, 0.1) is 0 Å². The van der Waals surface area contributed by atoms with Crippen molar-refractivity contribution in [3.63, 3.8) is 0 Å². The number of ether oxygens (including phenoxy) is 1. The molecule has 0 saturated heterocycles. The first-order chi connectivity index (χ1) is 7.50. The van der Waals surface area contributed by atoms with Gasteiger partial charge in [0.15, 0.2) is 5.78 Å². The largest absolute Gasteiger partial charge is 0.483 e. The zero-order valence-corrected chi connectivity index (χ0v) is 9.36. The summed E-state index contributed by atoms with van der Waals surface area (Å²) in [6.07, 6.45) is -1.14. The predicted octanol–water partition coefficient (Wildman–Crippen LogP) is 2.26. The van der Waals surface area contributed by atoms with Crippen LogP contribution in [0.5, 0.6) is 5.75 Å². The molecular weight excluding hydrogens is 204 g/mol. The molecule has 0 amide bonds. The van der Waals surface area contributed by atoms with E-state index < -0.39 is 12.2 Å². The van der Waals surface area contributed by atoms with Crippen LogP contribution in [0, 0.1) is 0 Å². The summed E-state index contributed by atoms with van der Waals surface area (Å²) in [6.45, 7) is 7.09. The summed E-state index contributed by atoms with van der Waals surface area (Å²) in [5.41, 5.74) is 2.03. The lowest BCUT2D eigenvalue weighted by Gasteiger charge is -2.13. The average molecular weight is 218 g/mol. The van der Waals surface area contributed by atoms with Crippen molar-refractivity contribution < 1.29 is 14.6 Å². The Morgan fingerprint density at radius 2 is 2.12 bits per heavy atom. The third-order valence-corrected chi connectivity index (χ3v) is 2.76. The van der Waals surface area contributed by atoms with E-state index in [0.29, 0.717) is 16.9 Å². The van der Waals surface area contributed by atoms with E-state index in [2.05, 4.69) is 6.58 Å². The van der Waals surface area contributed by atoms with Crippen LogP contribution in [0.15, 0.2) is 30.4 Å². The van der Waals surface area contributed by atoms with Crippen LogP contribution in [0.25, 0.3) is 0 Å². The normalized spacial score (nSPS) is 22.4. The fourth-order valence-electron chi connectivity index (χ4n) is 1.84. The van der Waals surface area contributed by atoms with Crippen molar-refractivity contribution in [3.8, 4) is 5.75 Å². The highest BCUT2D eigenvalue weighted by Crippen LogP contribution is 2.39. The third-order valence-electron chi connectivity index (χ3n) is 2.76. The van der Waals surface area contributed by atoms with Crippen LogP contribution < -0.4 is 4.74 Å². The average Bonchev–Trinajstić information content (AvgIpc) is 2.56. The second kappa shape index (κ2) is 3.76. The Hall–Kier alpha value is -1.61. The minimum absolute atomic E-state index is 0.0197. The van der Waals surface area contributed by atoms with Gasteiger partial charge < -0.3 is 9.84 Å². The van der Waals surface area contributed by atoms with Gasteiger partial charge in [-0.1, -0.05) is 6.58 Å². The number of aliphatic hydroxyl groups excluding tert-OH is 1. The van der Waals surface area contributed by atoms with E-state index in [1.165, 1.54) is 6.92 Å². The number of hydrogen-bond acceptors (Lipinski definition) is 3. The lowest BCUT2D eigenvalue weighted by atomic mass is 10.00. The fourth-order valence-corrected chi connectivity index (χ4v) is 1.84. The molecule has 0 saturated carbocycles. The molecule has 1 heterocycles. The van der Waals surface area contributed by atoms with Gasteiger partial charge in [-0.3, -0.25) is 4.79 Å². The van der Waals surface area contributed by atoms with E-state index in [9.17, 15) is 9.90 Å². The highest BCUT2D eigenvalue weighted by molar-refractivity contribution is 5.94. The third kappa shape index (κ3) is 1.63. The summed E-state index contributed by atoms with van der Waals surface area (Å²) in [5, 5.41) is 10.0. The summed E-state index contributed by atoms with van der Waals surface area (Å²) in [4.78, 5) is 11.2. The van der Waals surface area contributed by atoms with Crippen LogP contribution in [0.1, 0.15) is 35.9 Å². The molecule has 0 unspecified atom stereocenters. The Morgan fingerprint density at radius 3 is 2.69 bits per heavy atom. The number of benzene rings is 1. The summed E-state index contributed by atoms with van der Waals surface area (Å²) in [5.74, 6) is 0.610. The van der Waals surface area contributed by atoms with Crippen molar-refractivity contribution in [2.75, 3.05) is 0 Å². The standard InChI is InChI=1S/C13H14O3/c1-7(2)13-12(15)10-6-9(8(3)14)4-5-11(10)16-13/h4-6,12-13,15H,1H2,2-3H3/t12-,13+/m0/s1. The number of aliphatic hydroxyl groups is 1. The van der Waals surface area contributed by atoms with Crippen LogP contribution in [0.4, 0.5) is 0 Å². The SMILES string of the molecule is C=C(C)[C@H]1Oc2ccc(C(C)=O)cc2[C@@H]1O. The van der Waals surface area contributed by atoms with Gasteiger partial charge in [0.25, 0.3) is 0 Å². The number of rotatable bonds is 2. The fraction of sp³-hybridized carbons (Fsp3) is 0.308. The zero-order chi connectivity index (χ0) is 11.9. The summed E-state index contributed by atoms with van der Waals surface area (Å²) >= 11 is 0. The molecule has 0 radical (unpaired) electrons. The quantitative estimate of drug-likeness (QED) is 0.611. The Labute approximate surface area is 94.4 Å². The highest BCUT2D eigenvalue weighted by Gasteiger charge is 2.33. The molecule has 1 N–H and O–H groups in total. The molecule has 3 heteroatoms. The zero-order valence-electron chi connectivity index (χ0n) is 9.36. The van der Waals surface area contributed by atoms with E-state index in [1.807, 2.05) is 6.92 Å². The van der Waals surface area contributed by atoms with Gasteiger partial charge in [0.1, 0.15) is 18.0 Å². The highest BCUT2D eigenvalue weighted by atomic mass is 16.5. The summed E-state index contributed by atoms with van der Waals surface area (Å²) < 4.78 is 5.55. The summed E-state index contributed by atoms with van der Waals surface area (Å²) in [7, 11) is 0. The lowest BCUT2D eigenvalue weighted by Crippen LogP contribution is -2.19. The molecule has 0 spiro atoms. The Kier molecular flexibility index (Phi) is 2.56. The maximum absolute atomic E-state index is 11.2. The van der Waals surface area contributed by atoms with Crippen LogP contribution in [-0.4, -0.2) is 17.0 Å². The molecule has 1 aromatic rings. The molecule has 0 aromatic heterocycles. The molecule has 16 heavy (non-hydrogen) atoms. The second-order valence-corrected chi connectivity index (χ2v) is 4.14. The molecule has 0 fully saturated rings. The van der Waals surface area contributed by atoms with E-state index >= 15 is 0 Å². The van der Waals surface area contributed by atoms with Gasteiger partial charge >= 0.3 is 0 Å². The van der Waals surface area contributed by atoms with Crippen molar-refractivity contribution in [1.82, 2.24) is 0 Å². The van der Waals surface area contributed by atoms with Gasteiger partial charge in [0, 0.05) is 11.1 Å². The van der Waals surface area contributed by atoms with E-state index in [0.717, 1.165) is 5.57 Å². The Bertz CT molecular complexity index is 462. The maximum atomic E-state index is 11.2. The molecule has 0 bridgehead atoms. The van der Waals surface area contributed by atoms with Crippen molar-refractivity contribution >= 4 is 5.78 Å². The molecule has 1 aliphatic rings. The van der Waals surface area contributed by atoms with Crippen LogP contribution in [0.3, 0.4) is 0 Å².